The van der Waals surface area contributed by atoms with E-state index < -0.39 is 11.7 Å². The van der Waals surface area contributed by atoms with Crippen molar-refractivity contribution < 1.29 is 9.53 Å². The molecular formula is C16H24N4O2. The predicted octanol–water partition coefficient (Wildman–Crippen LogP) is 2.81. The average Bonchev–Trinajstić information content (AvgIpc) is 3.18. The minimum absolute atomic E-state index is 0.305. The number of benzene rings is 1. The third kappa shape index (κ3) is 6.03. The van der Waals surface area contributed by atoms with Gasteiger partial charge >= 0.3 is 6.09 Å². The summed E-state index contributed by atoms with van der Waals surface area (Å²) in [7, 11) is 0. The molecule has 120 valence electrons. The van der Waals surface area contributed by atoms with Crippen LogP contribution < -0.4 is 16.0 Å². The molecule has 1 saturated carbocycles. The van der Waals surface area contributed by atoms with Crippen LogP contribution in [-0.4, -0.2) is 23.7 Å². The van der Waals surface area contributed by atoms with Crippen molar-refractivity contribution >= 4 is 17.7 Å². The molecule has 0 heterocycles. The molecule has 0 atom stereocenters. The Bertz CT molecular complexity index is 547. The summed E-state index contributed by atoms with van der Waals surface area (Å²) < 4.78 is 5.20. The first-order chi connectivity index (χ1) is 10.3. The molecule has 0 bridgehead atoms. The Morgan fingerprint density at radius 2 is 2.09 bits per heavy atom. The van der Waals surface area contributed by atoms with E-state index in [-0.39, 0.29) is 0 Å². The van der Waals surface area contributed by atoms with Crippen LogP contribution in [-0.2, 0) is 11.3 Å². The van der Waals surface area contributed by atoms with Gasteiger partial charge in [-0.15, -0.1) is 0 Å². The number of ether oxygens (including phenoxy) is 1. The van der Waals surface area contributed by atoms with Crippen molar-refractivity contribution in [3.05, 3.63) is 29.8 Å². The number of guanidine groups is 1. The second kappa shape index (κ2) is 6.68. The Kier molecular flexibility index (Phi) is 4.90. The van der Waals surface area contributed by atoms with E-state index >= 15 is 0 Å². The van der Waals surface area contributed by atoms with Crippen LogP contribution in [0.2, 0.25) is 0 Å². The molecule has 1 aromatic rings. The highest BCUT2D eigenvalue weighted by Crippen LogP contribution is 2.19. The van der Waals surface area contributed by atoms with Crippen molar-refractivity contribution in [3.63, 3.8) is 0 Å². The topological polar surface area (TPSA) is 86.2 Å². The van der Waals surface area contributed by atoms with Crippen LogP contribution in [0.3, 0.4) is 0 Å². The van der Waals surface area contributed by atoms with Gasteiger partial charge in [-0.25, -0.2) is 4.79 Å². The van der Waals surface area contributed by atoms with Gasteiger partial charge in [0, 0.05) is 18.3 Å². The maximum absolute atomic E-state index is 11.6. The number of nitrogens with one attached hydrogen (secondary N) is 4. The summed E-state index contributed by atoms with van der Waals surface area (Å²) in [4.78, 5) is 11.6. The Balaban J connectivity index is 1.82. The molecular weight excluding hydrogens is 280 g/mol. The lowest BCUT2D eigenvalue weighted by Gasteiger charge is -2.19. The van der Waals surface area contributed by atoms with E-state index in [1.54, 1.807) is 0 Å². The van der Waals surface area contributed by atoms with E-state index in [4.69, 9.17) is 10.1 Å². The van der Waals surface area contributed by atoms with Crippen molar-refractivity contribution in [1.82, 2.24) is 10.6 Å². The van der Waals surface area contributed by atoms with Crippen LogP contribution in [0.4, 0.5) is 10.5 Å². The second-order valence-corrected chi connectivity index (χ2v) is 6.47. The Morgan fingerprint density at radius 3 is 2.73 bits per heavy atom. The Hall–Kier alpha value is -2.24. The van der Waals surface area contributed by atoms with Crippen LogP contribution in [0.5, 0.6) is 0 Å². The second-order valence-electron chi connectivity index (χ2n) is 6.47. The van der Waals surface area contributed by atoms with Gasteiger partial charge < -0.3 is 20.7 Å². The summed E-state index contributed by atoms with van der Waals surface area (Å²) in [6.45, 7) is 5.87. The lowest BCUT2D eigenvalue weighted by atomic mass is 10.2. The van der Waals surface area contributed by atoms with Gasteiger partial charge in [0.25, 0.3) is 0 Å². The lowest BCUT2D eigenvalue weighted by Crippen LogP contribution is -2.32. The summed E-state index contributed by atoms with van der Waals surface area (Å²) in [5.74, 6) is 0.305. The van der Waals surface area contributed by atoms with Crippen molar-refractivity contribution in [2.45, 2.75) is 51.8 Å². The van der Waals surface area contributed by atoms with Gasteiger partial charge in [-0.3, -0.25) is 5.41 Å². The first-order valence-corrected chi connectivity index (χ1v) is 7.50. The zero-order valence-electron chi connectivity index (χ0n) is 13.3. The third-order valence-corrected chi connectivity index (χ3v) is 2.96. The minimum atomic E-state index is -0.503. The van der Waals surface area contributed by atoms with E-state index in [1.807, 2.05) is 45.0 Å². The van der Waals surface area contributed by atoms with Crippen molar-refractivity contribution in [3.8, 4) is 0 Å². The van der Waals surface area contributed by atoms with Crippen LogP contribution in [0, 0.1) is 5.41 Å². The first kappa shape index (κ1) is 16.1. The number of alkyl carbamates (subject to hydrolysis) is 1. The Morgan fingerprint density at radius 1 is 1.36 bits per heavy atom. The van der Waals surface area contributed by atoms with Crippen molar-refractivity contribution in [2.24, 2.45) is 0 Å². The van der Waals surface area contributed by atoms with Gasteiger partial charge in [0.15, 0.2) is 5.96 Å². The highest BCUT2D eigenvalue weighted by molar-refractivity contribution is 5.91. The number of carbonyl (C=O) groups excluding carboxylic acids is 1. The maximum Gasteiger partial charge on any atom is 0.407 e. The number of hydrogen-bond donors (Lipinski definition) is 4. The molecule has 0 aliphatic heterocycles. The van der Waals surface area contributed by atoms with E-state index in [0.717, 1.165) is 24.1 Å². The van der Waals surface area contributed by atoms with E-state index in [1.165, 1.54) is 0 Å². The summed E-state index contributed by atoms with van der Waals surface area (Å²) in [6.07, 6.45) is 1.82. The lowest BCUT2D eigenvalue weighted by molar-refractivity contribution is 0.0523. The van der Waals surface area contributed by atoms with Gasteiger partial charge in [0.2, 0.25) is 0 Å². The molecule has 2 rings (SSSR count). The summed E-state index contributed by atoms with van der Waals surface area (Å²) in [6, 6.07) is 8.04. The number of amides is 1. The maximum atomic E-state index is 11.6. The summed E-state index contributed by atoms with van der Waals surface area (Å²) >= 11 is 0. The smallest absolute Gasteiger partial charge is 0.407 e. The van der Waals surface area contributed by atoms with Crippen LogP contribution in [0.15, 0.2) is 24.3 Å². The zero-order valence-corrected chi connectivity index (χ0v) is 13.3. The number of carbonyl (C=O) groups is 1. The van der Waals surface area contributed by atoms with Gasteiger partial charge in [-0.05, 0) is 51.3 Å². The molecule has 1 aliphatic rings. The predicted molar refractivity (Wildman–Crippen MR) is 87.0 cm³/mol. The highest BCUT2D eigenvalue weighted by Gasteiger charge is 2.21. The average molecular weight is 304 g/mol. The van der Waals surface area contributed by atoms with E-state index in [2.05, 4.69) is 16.0 Å². The van der Waals surface area contributed by atoms with E-state index in [9.17, 15) is 4.79 Å². The fraction of sp³-hybridized carbons (Fsp3) is 0.500. The largest absolute Gasteiger partial charge is 0.444 e. The molecule has 6 heteroatoms. The fourth-order valence-corrected chi connectivity index (χ4v) is 1.86. The standard InChI is InChI=1S/C16H24N4O2/c1-16(2,3)22-15(21)18-10-11-5-4-6-13(9-11)20-14(17)19-12-7-8-12/h4-6,9,12H,7-8,10H2,1-3H3,(H,18,21)(H3,17,19,20). The van der Waals surface area contributed by atoms with Crippen LogP contribution in [0.1, 0.15) is 39.2 Å². The number of anilines is 1. The van der Waals surface area contributed by atoms with Gasteiger partial charge in [0.05, 0.1) is 0 Å². The molecule has 0 saturated heterocycles. The van der Waals surface area contributed by atoms with Gasteiger partial charge in [0.1, 0.15) is 5.60 Å². The van der Waals surface area contributed by atoms with Crippen molar-refractivity contribution in [1.29, 1.82) is 5.41 Å². The molecule has 22 heavy (non-hydrogen) atoms. The molecule has 0 aromatic heterocycles. The molecule has 0 spiro atoms. The quantitative estimate of drug-likeness (QED) is 0.509. The normalized spacial score (nSPS) is 14.1. The number of rotatable bonds is 4. The summed E-state index contributed by atoms with van der Waals surface area (Å²) in [5.41, 5.74) is 1.26. The molecule has 1 aromatic carbocycles. The fourth-order valence-electron chi connectivity index (χ4n) is 1.86. The van der Waals surface area contributed by atoms with Crippen molar-refractivity contribution in [2.75, 3.05) is 5.32 Å². The van der Waals surface area contributed by atoms with Crippen LogP contribution in [0.25, 0.3) is 0 Å². The molecule has 6 nitrogen and oxygen atoms in total. The monoisotopic (exact) mass is 304 g/mol. The van der Waals surface area contributed by atoms with Gasteiger partial charge in [-0.2, -0.15) is 0 Å². The molecule has 0 unspecified atom stereocenters. The highest BCUT2D eigenvalue weighted by atomic mass is 16.6. The molecule has 1 aliphatic carbocycles. The third-order valence-electron chi connectivity index (χ3n) is 2.96. The first-order valence-electron chi connectivity index (χ1n) is 7.50. The SMILES string of the molecule is CC(C)(C)OC(=O)NCc1cccc(NC(=N)NC2CC2)c1. The van der Waals surface area contributed by atoms with Gasteiger partial charge in [-0.1, -0.05) is 12.1 Å². The number of hydrogen-bond acceptors (Lipinski definition) is 3. The summed E-state index contributed by atoms with van der Waals surface area (Å²) in [5, 5.41) is 16.6. The molecule has 0 radical (unpaired) electrons. The molecule has 1 fully saturated rings. The minimum Gasteiger partial charge on any atom is -0.444 e. The molecule has 4 N–H and O–H groups in total. The zero-order chi connectivity index (χ0) is 16.2. The van der Waals surface area contributed by atoms with Crippen LogP contribution >= 0.6 is 0 Å². The van der Waals surface area contributed by atoms with E-state index in [0.29, 0.717) is 18.5 Å². The Labute approximate surface area is 131 Å². The molecule has 1 amide bonds.